The fourth-order valence-corrected chi connectivity index (χ4v) is 2.14. The molecule has 0 aromatic carbocycles. The first-order valence-corrected chi connectivity index (χ1v) is 4.43. The number of carboxylic acids is 1. The van der Waals surface area contributed by atoms with E-state index < -0.39 is 5.97 Å². The van der Waals surface area contributed by atoms with Crippen molar-refractivity contribution in [1.29, 1.82) is 0 Å². The lowest BCUT2D eigenvalue weighted by Crippen LogP contribution is -1.94. The van der Waals surface area contributed by atoms with Crippen LogP contribution >= 0.6 is 11.8 Å². The predicted octanol–water partition coefficient (Wildman–Crippen LogP) is 1.38. The van der Waals surface area contributed by atoms with Crippen LogP contribution in [0.25, 0.3) is 0 Å². The van der Waals surface area contributed by atoms with Gasteiger partial charge >= 0.3 is 5.97 Å². The van der Waals surface area contributed by atoms with Gasteiger partial charge in [-0.1, -0.05) is 6.08 Å². The number of hydrogen-bond acceptors (Lipinski definition) is 2. The Kier molecular flexibility index (Phi) is 2.81. The zero-order chi connectivity index (χ0) is 7.40. The minimum atomic E-state index is -0.836. The standard InChI is InChI=1S/C7H10O2S/c8-7(9)2-1-6-3-4-10-5-6/h1-2,6H,3-5H2,(H,8,9)/b2-1+. The molecule has 1 atom stereocenters. The van der Waals surface area contributed by atoms with E-state index in [2.05, 4.69) is 0 Å². The fourth-order valence-electron chi connectivity index (χ4n) is 0.923. The number of hydrogen-bond donors (Lipinski definition) is 1. The predicted molar refractivity (Wildman–Crippen MR) is 42.2 cm³/mol. The van der Waals surface area contributed by atoms with E-state index in [1.165, 1.54) is 11.8 Å². The average molecular weight is 158 g/mol. The maximum absolute atomic E-state index is 10.1. The van der Waals surface area contributed by atoms with Crippen molar-refractivity contribution in [2.75, 3.05) is 11.5 Å². The van der Waals surface area contributed by atoms with Crippen LogP contribution < -0.4 is 0 Å². The maximum Gasteiger partial charge on any atom is 0.327 e. The first-order valence-electron chi connectivity index (χ1n) is 3.28. The first kappa shape index (κ1) is 7.66. The Balaban J connectivity index is 2.29. The molecule has 1 saturated heterocycles. The molecule has 0 aromatic rings. The second kappa shape index (κ2) is 3.66. The fraction of sp³-hybridized carbons (Fsp3) is 0.571. The lowest BCUT2D eigenvalue weighted by molar-refractivity contribution is -0.131. The van der Waals surface area contributed by atoms with Gasteiger partial charge in [0.25, 0.3) is 0 Å². The molecule has 0 bridgehead atoms. The summed E-state index contributed by atoms with van der Waals surface area (Å²) in [5.41, 5.74) is 0. The van der Waals surface area contributed by atoms with Crippen molar-refractivity contribution in [2.24, 2.45) is 5.92 Å². The van der Waals surface area contributed by atoms with Gasteiger partial charge in [0.1, 0.15) is 0 Å². The quantitative estimate of drug-likeness (QED) is 0.617. The maximum atomic E-state index is 10.1. The Morgan fingerprint density at radius 1 is 1.70 bits per heavy atom. The van der Waals surface area contributed by atoms with E-state index in [9.17, 15) is 4.79 Å². The molecule has 0 amide bonds. The first-order chi connectivity index (χ1) is 4.79. The van der Waals surface area contributed by atoms with Crippen LogP contribution in [0, 0.1) is 5.92 Å². The number of thioether (sulfide) groups is 1. The molecule has 1 aliphatic heterocycles. The summed E-state index contributed by atoms with van der Waals surface area (Å²) in [6, 6.07) is 0. The van der Waals surface area contributed by atoms with Crippen LogP contribution in [0.1, 0.15) is 6.42 Å². The number of carbonyl (C=O) groups is 1. The summed E-state index contributed by atoms with van der Waals surface area (Å²) < 4.78 is 0. The summed E-state index contributed by atoms with van der Waals surface area (Å²) in [6.07, 6.45) is 4.17. The third-order valence-corrected chi connectivity index (χ3v) is 2.66. The molecule has 0 radical (unpaired) electrons. The van der Waals surface area contributed by atoms with Crippen molar-refractivity contribution < 1.29 is 9.90 Å². The van der Waals surface area contributed by atoms with E-state index in [0.29, 0.717) is 5.92 Å². The van der Waals surface area contributed by atoms with Gasteiger partial charge in [0, 0.05) is 6.08 Å². The summed E-state index contributed by atoms with van der Waals surface area (Å²) in [5.74, 6) is 1.93. The number of carboxylic acid groups (broad SMARTS) is 1. The van der Waals surface area contributed by atoms with Gasteiger partial charge in [0.05, 0.1) is 0 Å². The summed E-state index contributed by atoms with van der Waals surface area (Å²) in [6.45, 7) is 0. The zero-order valence-corrected chi connectivity index (χ0v) is 6.43. The molecule has 56 valence electrons. The molecular weight excluding hydrogens is 148 g/mol. The SMILES string of the molecule is O=C(O)/C=C/C1CCSC1. The molecule has 1 unspecified atom stereocenters. The number of aliphatic carboxylic acids is 1. The van der Waals surface area contributed by atoms with Gasteiger partial charge in [0.15, 0.2) is 0 Å². The van der Waals surface area contributed by atoms with E-state index in [-0.39, 0.29) is 0 Å². The van der Waals surface area contributed by atoms with Crippen molar-refractivity contribution in [2.45, 2.75) is 6.42 Å². The third kappa shape index (κ3) is 2.43. The smallest absolute Gasteiger partial charge is 0.327 e. The molecule has 1 fully saturated rings. The Morgan fingerprint density at radius 2 is 2.50 bits per heavy atom. The molecular formula is C7H10O2S. The van der Waals surface area contributed by atoms with Gasteiger partial charge in [-0.05, 0) is 23.8 Å². The van der Waals surface area contributed by atoms with Crippen LogP contribution in [0.3, 0.4) is 0 Å². The Hall–Kier alpha value is -0.440. The number of rotatable bonds is 2. The van der Waals surface area contributed by atoms with Crippen LogP contribution in [0.15, 0.2) is 12.2 Å². The number of allylic oxidation sites excluding steroid dienone is 1. The second-order valence-corrected chi connectivity index (χ2v) is 3.47. The highest BCUT2D eigenvalue weighted by Crippen LogP contribution is 2.23. The van der Waals surface area contributed by atoms with Crippen molar-refractivity contribution in [1.82, 2.24) is 0 Å². The molecule has 1 rings (SSSR count). The average Bonchev–Trinajstić information content (AvgIpc) is 2.34. The van der Waals surface area contributed by atoms with Gasteiger partial charge in [0.2, 0.25) is 0 Å². The van der Waals surface area contributed by atoms with E-state index in [1.807, 2.05) is 11.8 Å². The van der Waals surface area contributed by atoms with Gasteiger partial charge in [-0.2, -0.15) is 11.8 Å². The van der Waals surface area contributed by atoms with Crippen molar-refractivity contribution >= 4 is 17.7 Å². The van der Waals surface area contributed by atoms with Gasteiger partial charge in [-0.3, -0.25) is 0 Å². The summed E-state index contributed by atoms with van der Waals surface area (Å²) in [7, 11) is 0. The normalized spacial score (nSPS) is 25.8. The largest absolute Gasteiger partial charge is 0.478 e. The Bertz CT molecular complexity index is 148. The van der Waals surface area contributed by atoms with Gasteiger partial charge < -0.3 is 5.11 Å². The zero-order valence-electron chi connectivity index (χ0n) is 5.62. The van der Waals surface area contributed by atoms with Crippen LogP contribution in [-0.4, -0.2) is 22.6 Å². The topological polar surface area (TPSA) is 37.3 Å². The monoisotopic (exact) mass is 158 g/mol. The molecule has 0 spiro atoms. The van der Waals surface area contributed by atoms with E-state index in [1.54, 1.807) is 6.08 Å². The minimum Gasteiger partial charge on any atom is -0.478 e. The van der Waals surface area contributed by atoms with Gasteiger partial charge in [-0.25, -0.2) is 4.79 Å². The van der Waals surface area contributed by atoms with Gasteiger partial charge in [-0.15, -0.1) is 0 Å². The summed E-state index contributed by atoms with van der Waals surface area (Å²) in [5, 5.41) is 8.28. The lowest BCUT2D eigenvalue weighted by Gasteiger charge is -1.95. The summed E-state index contributed by atoms with van der Waals surface area (Å²) in [4.78, 5) is 10.1. The molecule has 1 heterocycles. The molecule has 0 saturated carbocycles. The molecule has 10 heavy (non-hydrogen) atoms. The highest BCUT2D eigenvalue weighted by Gasteiger charge is 2.11. The van der Waals surface area contributed by atoms with Crippen LogP contribution in [0.5, 0.6) is 0 Å². The van der Waals surface area contributed by atoms with Crippen molar-refractivity contribution in [3.63, 3.8) is 0 Å². The van der Waals surface area contributed by atoms with Crippen molar-refractivity contribution in [3.8, 4) is 0 Å². The van der Waals surface area contributed by atoms with Crippen LogP contribution in [0.4, 0.5) is 0 Å². The highest BCUT2D eigenvalue weighted by molar-refractivity contribution is 7.99. The minimum absolute atomic E-state index is 0.501. The molecule has 3 heteroatoms. The Labute approximate surface area is 64.3 Å². The molecule has 1 aliphatic rings. The second-order valence-electron chi connectivity index (χ2n) is 2.32. The Morgan fingerprint density at radius 3 is 3.00 bits per heavy atom. The highest BCUT2D eigenvalue weighted by atomic mass is 32.2. The molecule has 0 aliphatic carbocycles. The molecule has 2 nitrogen and oxygen atoms in total. The van der Waals surface area contributed by atoms with E-state index >= 15 is 0 Å². The summed E-state index contributed by atoms with van der Waals surface area (Å²) >= 11 is 1.89. The molecule has 1 N–H and O–H groups in total. The van der Waals surface area contributed by atoms with Crippen LogP contribution in [-0.2, 0) is 4.79 Å². The van der Waals surface area contributed by atoms with Crippen molar-refractivity contribution in [3.05, 3.63) is 12.2 Å². The third-order valence-electron chi connectivity index (χ3n) is 1.48. The lowest BCUT2D eigenvalue weighted by atomic mass is 10.1. The van der Waals surface area contributed by atoms with E-state index in [4.69, 9.17) is 5.11 Å². The van der Waals surface area contributed by atoms with Crippen LogP contribution in [0.2, 0.25) is 0 Å². The van der Waals surface area contributed by atoms with E-state index in [0.717, 1.165) is 12.2 Å². The molecule has 0 aromatic heterocycles.